The lowest BCUT2D eigenvalue weighted by Gasteiger charge is -2.26. The highest BCUT2D eigenvalue weighted by Gasteiger charge is 2.46. The van der Waals surface area contributed by atoms with Crippen molar-refractivity contribution in [3.63, 3.8) is 0 Å². The first kappa shape index (κ1) is 22.7. The number of halogens is 2. The summed E-state index contributed by atoms with van der Waals surface area (Å²) in [5.41, 5.74) is 0.706. The molecule has 0 aliphatic carbocycles. The van der Waals surface area contributed by atoms with Gasteiger partial charge < -0.3 is 18.9 Å². The highest BCUT2D eigenvalue weighted by atomic mass is 79.9. The second-order valence-electron chi connectivity index (χ2n) is 6.32. The number of carbonyl (C=O) groups excluding carboxylic acids is 1. The van der Waals surface area contributed by atoms with Crippen molar-refractivity contribution in [1.29, 1.82) is 0 Å². The highest BCUT2D eigenvalue weighted by molar-refractivity contribution is 9.11. The van der Waals surface area contributed by atoms with Gasteiger partial charge in [-0.25, -0.2) is 8.42 Å². The Hall–Kier alpha value is -1.98. The molecule has 1 atom stereocenters. The van der Waals surface area contributed by atoms with Gasteiger partial charge in [0.1, 0.15) is 11.5 Å². The van der Waals surface area contributed by atoms with Gasteiger partial charge in [0, 0.05) is 12.1 Å². The highest BCUT2D eigenvalue weighted by Crippen LogP contribution is 2.46. The first-order valence-corrected chi connectivity index (χ1v) is 11.8. The third-order valence-corrected chi connectivity index (χ3v) is 7.60. The smallest absolute Gasteiger partial charge is 0.243 e. The van der Waals surface area contributed by atoms with Crippen LogP contribution in [-0.2, 0) is 14.6 Å². The van der Waals surface area contributed by atoms with Crippen LogP contribution in [0.1, 0.15) is 10.9 Å². The fourth-order valence-corrected chi connectivity index (χ4v) is 6.67. The Labute approximate surface area is 191 Å². The van der Waals surface area contributed by atoms with Gasteiger partial charge in [-0.05, 0) is 49.6 Å². The van der Waals surface area contributed by atoms with E-state index in [9.17, 15) is 13.2 Å². The van der Waals surface area contributed by atoms with Gasteiger partial charge in [-0.15, -0.1) is 0 Å². The molecule has 1 heterocycles. The number of hydrogen-bond donors (Lipinski definition) is 0. The Bertz CT molecular complexity index is 1060. The molecule has 0 bridgehead atoms. The van der Waals surface area contributed by atoms with Gasteiger partial charge in [0.25, 0.3) is 0 Å². The average molecular weight is 565 g/mol. The van der Waals surface area contributed by atoms with Crippen LogP contribution >= 0.6 is 31.9 Å². The normalized spacial score (nSPS) is 17.7. The summed E-state index contributed by atoms with van der Waals surface area (Å²) in [5.74, 6) is 0.289. The number of amides is 1. The van der Waals surface area contributed by atoms with Crippen molar-refractivity contribution < 1.29 is 32.2 Å². The molecule has 1 fully saturated rings. The van der Waals surface area contributed by atoms with Crippen LogP contribution in [0.2, 0.25) is 0 Å². The first-order chi connectivity index (χ1) is 14.2. The molecule has 11 heteroatoms. The number of methoxy groups -OCH3 is 4. The van der Waals surface area contributed by atoms with Gasteiger partial charge in [-0.2, -0.15) is 0 Å². The van der Waals surface area contributed by atoms with E-state index in [-0.39, 0.29) is 0 Å². The third-order valence-electron chi connectivity index (χ3n) is 4.61. The predicted molar refractivity (Wildman–Crippen MR) is 119 cm³/mol. The SMILES string of the molecule is COc1cc(N2C(=O)CS(=O)(=O)C2c2cc(Br)c(OC)c(Br)c2)cc(OC)c1OC. The van der Waals surface area contributed by atoms with Crippen LogP contribution in [-0.4, -0.2) is 48.5 Å². The second kappa shape index (κ2) is 8.64. The first-order valence-electron chi connectivity index (χ1n) is 8.55. The van der Waals surface area contributed by atoms with E-state index in [4.69, 9.17) is 18.9 Å². The molecule has 30 heavy (non-hydrogen) atoms. The van der Waals surface area contributed by atoms with E-state index in [1.807, 2.05) is 0 Å². The van der Waals surface area contributed by atoms with Gasteiger partial charge >= 0.3 is 0 Å². The Morgan fingerprint density at radius 2 is 1.37 bits per heavy atom. The average Bonchev–Trinajstić information content (AvgIpc) is 2.94. The second-order valence-corrected chi connectivity index (χ2v) is 10.1. The van der Waals surface area contributed by atoms with Crippen LogP contribution < -0.4 is 23.8 Å². The zero-order valence-electron chi connectivity index (χ0n) is 16.6. The quantitative estimate of drug-likeness (QED) is 0.528. The zero-order valence-corrected chi connectivity index (χ0v) is 20.6. The molecule has 0 aromatic heterocycles. The maximum Gasteiger partial charge on any atom is 0.243 e. The van der Waals surface area contributed by atoms with Gasteiger partial charge in [-0.3, -0.25) is 9.69 Å². The van der Waals surface area contributed by atoms with Crippen molar-refractivity contribution in [2.45, 2.75) is 5.37 Å². The maximum absolute atomic E-state index is 13.0. The number of carbonyl (C=O) groups is 1. The molecular weight excluding hydrogens is 546 g/mol. The number of hydrogen-bond acceptors (Lipinski definition) is 7. The minimum Gasteiger partial charge on any atom is -0.494 e. The zero-order chi connectivity index (χ0) is 22.2. The molecule has 1 saturated heterocycles. The lowest BCUT2D eigenvalue weighted by molar-refractivity contribution is -0.115. The molecule has 162 valence electrons. The summed E-state index contributed by atoms with van der Waals surface area (Å²) < 4.78 is 48.3. The summed E-state index contributed by atoms with van der Waals surface area (Å²) in [4.78, 5) is 14.0. The van der Waals surface area contributed by atoms with Gasteiger partial charge in [0.15, 0.2) is 26.7 Å². The summed E-state index contributed by atoms with van der Waals surface area (Å²) in [6, 6.07) is 6.33. The van der Waals surface area contributed by atoms with Crippen LogP contribution in [0.5, 0.6) is 23.0 Å². The molecule has 2 aromatic rings. The van der Waals surface area contributed by atoms with E-state index in [0.717, 1.165) is 0 Å². The lowest BCUT2D eigenvalue weighted by atomic mass is 10.1. The number of ether oxygens (including phenoxy) is 4. The van der Waals surface area contributed by atoms with Crippen LogP contribution in [0.25, 0.3) is 0 Å². The summed E-state index contributed by atoms with van der Waals surface area (Å²) in [7, 11) is 2.03. The van der Waals surface area contributed by atoms with Crippen molar-refractivity contribution in [3.8, 4) is 23.0 Å². The minimum absolute atomic E-state index is 0.305. The Morgan fingerprint density at radius 3 is 1.80 bits per heavy atom. The molecular formula is C19H19Br2NO7S. The van der Waals surface area contributed by atoms with E-state index < -0.39 is 26.9 Å². The van der Waals surface area contributed by atoms with E-state index in [0.29, 0.717) is 43.2 Å². The molecule has 3 rings (SSSR count). The summed E-state index contributed by atoms with van der Waals surface area (Å²) in [6.45, 7) is 0. The van der Waals surface area contributed by atoms with E-state index in [1.54, 1.807) is 24.3 Å². The Morgan fingerprint density at radius 1 is 0.867 bits per heavy atom. The van der Waals surface area contributed by atoms with Gasteiger partial charge in [0.2, 0.25) is 11.7 Å². The molecule has 0 spiro atoms. The topological polar surface area (TPSA) is 91.4 Å². The minimum atomic E-state index is -3.81. The number of sulfone groups is 1. The van der Waals surface area contributed by atoms with Crippen molar-refractivity contribution in [3.05, 3.63) is 38.8 Å². The van der Waals surface area contributed by atoms with Crippen molar-refractivity contribution in [1.82, 2.24) is 0 Å². The lowest BCUT2D eigenvalue weighted by Crippen LogP contribution is -2.29. The van der Waals surface area contributed by atoms with Crippen LogP contribution in [0.15, 0.2) is 33.2 Å². The van der Waals surface area contributed by atoms with E-state index in [2.05, 4.69) is 31.9 Å². The third kappa shape index (κ3) is 3.85. The van der Waals surface area contributed by atoms with Gasteiger partial charge in [-0.1, -0.05) is 0 Å². The van der Waals surface area contributed by atoms with E-state index >= 15 is 0 Å². The van der Waals surface area contributed by atoms with Crippen LogP contribution in [0.4, 0.5) is 5.69 Å². The Kier molecular flexibility index (Phi) is 6.54. The number of rotatable bonds is 6. The summed E-state index contributed by atoms with van der Waals surface area (Å²) >= 11 is 6.78. The molecule has 0 N–H and O–H groups in total. The van der Waals surface area contributed by atoms with Crippen molar-refractivity contribution in [2.24, 2.45) is 0 Å². The van der Waals surface area contributed by atoms with Gasteiger partial charge in [0.05, 0.1) is 43.1 Å². The molecule has 1 amide bonds. The Balaban J connectivity index is 2.22. The molecule has 8 nitrogen and oxygen atoms in total. The van der Waals surface area contributed by atoms with Crippen LogP contribution in [0, 0.1) is 0 Å². The van der Waals surface area contributed by atoms with Crippen LogP contribution in [0.3, 0.4) is 0 Å². The molecule has 0 saturated carbocycles. The molecule has 1 unspecified atom stereocenters. The summed E-state index contributed by atoms with van der Waals surface area (Å²) in [6.07, 6.45) is 0. The molecule has 0 radical (unpaired) electrons. The predicted octanol–water partition coefficient (Wildman–Crippen LogP) is 3.71. The number of nitrogens with zero attached hydrogens (tertiary/aromatic N) is 1. The maximum atomic E-state index is 13.0. The fraction of sp³-hybridized carbons (Fsp3) is 0.316. The fourth-order valence-electron chi connectivity index (χ4n) is 3.37. The monoisotopic (exact) mass is 563 g/mol. The van der Waals surface area contributed by atoms with Crippen molar-refractivity contribution in [2.75, 3.05) is 39.1 Å². The van der Waals surface area contributed by atoms with E-state index in [1.165, 1.54) is 33.3 Å². The standard InChI is InChI=1S/C19H19Br2NO7S/c1-26-14-7-11(8-15(27-2)18(14)29-4)22-16(23)9-30(24,25)19(22)10-5-12(20)17(28-3)13(21)6-10/h5-8,19H,9H2,1-4H3. The molecule has 1 aliphatic heterocycles. The summed E-state index contributed by atoms with van der Waals surface area (Å²) in [5, 5.41) is -1.23. The number of benzene rings is 2. The number of anilines is 1. The van der Waals surface area contributed by atoms with Crippen molar-refractivity contribution >= 4 is 53.3 Å². The molecule has 1 aliphatic rings. The molecule has 2 aromatic carbocycles. The largest absolute Gasteiger partial charge is 0.494 e.